The molecule has 0 aromatic rings. The van der Waals surface area contributed by atoms with Crippen LogP contribution in [0.15, 0.2) is 0 Å². The Balaban J connectivity index is 4.17. The van der Waals surface area contributed by atoms with Crippen LogP contribution < -0.4 is 0 Å². The van der Waals surface area contributed by atoms with Gasteiger partial charge in [0, 0.05) is 19.3 Å². The summed E-state index contributed by atoms with van der Waals surface area (Å²) in [6, 6.07) is 0. The highest BCUT2D eigenvalue weighted by molar-refractivity contribution is 5.71. The van der Waals surface area contributed by atoms with Crippen molar-refractivity contribution in [2.24, 2.45) is 0 Å². The van der Waals surface area contributed by atoms with E-state index >= 15 is 0 Å². The largest absolute Gasteiger partial charge is 0.462 e. The van der Waals surface area contributed by atoms with Gasteiger partial charge in [-0.05, 0) is 19.3 Å². The summed E-state index contributed by atoms with van der Waals surface area (Å²) < 4.78 is 16.7. The number of rotatable bonds is 45. The number of hydrogen-bond acceptors (Lipinski definition) is 6. The van der Waals surface area contributed by atoms with E-state index in [-0.39, 0.29) is 31.1 Å². The van der Waals surface area contributed by atoms with E-state index in [0.717, 1.165) is 57.8 Å². The van der Waals surface area contributed by atoms with Crippen LogP contribution in [-0.2, 0) is 28.6 Å². The third-order valence-corrected chi connectivity index (χ3v) is 11.1. The fraction of sp³-hybridized carbons (Fsp3) is 0.939. The number of hydrogen-bond donors (Lipinski definition) is 0. The molecular formula is C49H94O6. The first-order valence-electron chi connectivity index (χ1n) is 24.5. The van der Waals surface area contributed by atoms with Crippen molar-refractivity contribution in [2.45, 2.75) is 284 Å². The van der Waals surface area contributed by atoms with E-state index in [1.807, 2.05) is 0 Å². The van der Waals surface area contributed by atoms with Crippen LogP contribution in [0, 0.1) is 0 Å². The Morgan fingerprint density at radius 2 is 0.491 bits per heavy atom. The Labute approximate surface area is 342 Å². The van der Waals surface area contributed by atoms with Crippen LogP contribution >= 0.6 is 0 Å². The quantitative estimate of drug-likeness (QED) is 0.0348. The van der Waals surface area contributed by atoms with Crippen LogP contribution in [-0.4, -0.2) is 37.2 Å². The predicted molar refractivity (Wildman–Crippen MR) is 233 cm³/mol. The van der Waals surface area contributed by atoms with E-state index in [2.05, 4.69) is 20.8 Å². The van der Waals surface area contributed by atoms with Crippen LogP contribution in [0.2, 0.25) is 0 Å². The van der Waals surface area contributed by atoms with Crippen LogP contribution in [0.4, 0.5) is 0 Å². The topological polar surface area (TPSA) is 78.9 Å². The summed E-state index contributed by atoms with van der Waals surface area (Å²) in [6.07, 6.45) is 46.8. The zero-order valence-corrected chi connectivity index (χ0v) is 37.2. The minimum Gasteiger partial charge on any atom is -0.462 e. The summed E-state index contributed by atoms with van der Waals surface area (Å²) in [5.74, 6) is -0.855. The lowest BCUT2D eigenvalue weighted by Crippen LogP contribution is -2.30. The molecule has 0 fully saturated rings. The molecule has 0 saturated heterocycles. The lowest BCUT2D eigenvalue weighted by atomic mass is 10.0. The standard InChI is InChI=1S/C49H94O6/c1-4-7-10-13-16-18-20-22-24-26-27-29-31-33-36-39-42-48(51)54-45-46(44-53-47(50)41-38-35-15-12-9-6-3)55-49(52)43-40-37-34-32-30-28-25-23-21-19-17-14-11-8-5-2/h46H,4-45H2,1-3H3. The van der Waals surface area contributed by atoms with Gasteiger partial charge in [-0.1, -0.05) is 239 Å². The normalized spacial score (nSPS) is 11.8. The van der Waals surface area contributed by atoms with E-state index in [9.17, 15) is 14.4 Å². The summed E-state index contributed by atoms with van der Waals surface area (Å²) in [4.78, 5) is 37.6. The zero-order valence-electron chi connectivity index (χ0n) is 37.2. The number of ether oxygens (including phenoxy) is 3. The maximum atomic E-state index is 12.7. The van der Waals surface area contributed by atoms with Gasteiger partial charge in [0.05, 0.1) is 0 Å². The summed E-state index contributed by atoms with van der Waals surface area (Å²) in [5.41, 5.74) is 0. The molecule has 0 bridgehead atoms. The fourth-order valence-electron chi connectivity index (χ4n) is 7.38. The third kappa shape index (κ3) is 43.4. The number of carbonyl (C=O) groups excluding carboxylic acids is 3. The molecule has 0 rings (SSSR count). The van der Waals surface area contributed by atoms with Gasteiger partial charge < -0.3 is 14.2 Å². The van der Waals surface area contributed by atoms with Gasteiger partial charge in [0.15, 0.2) is 6.10 Å². The Bertz CT molecular complexity index is 813. The van der Waals surface area contributed by atoms with E-state index in [1.165, 1.54) is 180 Å². The highest BCUT2D eigenvalue weighted by Gasteiger charge is 2.19. The molecule has 0 amide bonds. The highest BCUT2D eigenvalue weighted by Crippen LogP contribution is 2.16. The van der Waals surface area contributed by atoms with E-state index in [0.29, 0.717) is 19.3 Å². The van der Waals surface area contributed by atoms with Crippen molar-refractivity contribution in [3.8, 4) is 0 Å². The van der Waals surface area contributed by atoms with Crippen molar-refractivity contribution < 1.29 is 28.6 Å². The highest BCUT2D eigenvalue weighted by atomic mass is 16.6. The second-order valence-electron chi connectivity index (χ2n) is 16.7. The molecule has 0 spiro atoms. The molecule has 0 aliphatic carbocycles. The monoisotopic (exact) mass is 779 g/mol. The molecular weight excluding hydrogens is 685 g/mol. The lowest BCUT2D eigenvalue weighted by Gasteiger charge is -2.18. The Kier molecular flexibility index (Phi) is 43.8. The lowest BCUT2D eigenvalue weighted by molar-refractivity contribution is -0.167. The molecule has 0 aromatic carbocycles. The van der Waals surface area contributed by atoms with Gasteiger partial charge in [-0.3, -0.25) is 14.4 Å². The fourth-order valence-corrected chi connectivity index (χ4v) is 7.38. The SMILES string of the molecule is CCCCCCCCCCCCCCCCCCC(=O)OCC(COC(=O)CCCCCCCC)OC(=O)CCCCCCCCCCCCCCCCC. The van der Waals surface area contributed by atoms with Gasteiger partial charge in [-0.25, -0.2) is 0 Å². The summed E-state index contributed by atoms with van der Waals surface area (Å²) >= 11 is 0. The van der Waals surface area contributed by atoms with E-state index in [4.69, 9.17) is 14.2 Å². The molecule has 0 aliphatic heterocycles. The van der Waals surface area contributed by atoms with Crippen LogP contribution in [0.25, 0.3) is 0 Å². The van der Waals surface area contributed by atoms with Crippen molar-refractivity contribution in [1.82, 2.24) is 0 Å². The van der Waals surface area contributed by atoms with Crippen LogP contribution in [0.5, 0.6) is 0 Å². The number of esters is 3. The first-order valence-corrected chi connectivity index (χ1v) is 24.5. The molecule has 0 saturated carbocycles. The van der Waals surface area contributed by atoms with Gasteiger partial charge in [0.25, 0.3) is 0 Å². The molecule has 0 aromatic heterocycles. The Morgan fingerprint density at radius 1 is 0.291 bits per heavy atom. The zero-order chi connectivity index (χ0) is 40.1. The second kappa shape index (κ2) is 45.1. The average Bonchev–Trinajstić information content (AvgIpc) is 3.18. The summed E-state index contributed by atoms with van der Waals surface area (Å²) in [5, 5.41) is 0. The average molecular weight is 779 g/mol. The van der Waals surface area contributed by atoms with E-state index < -0.39 is 6.10 Å². The first-order chi connectivity index (χ1) is 27.0. The van der Waals surface area contributed by atoms with Crippen molar-refractivity contribution in [3.05, 3.63) is 0 Å². The molecule has 1 atom stereocenters. The molecule has 0 radical (unpaired) electrons. The van der Waals surface area contributed by atoms with Crippen molar-refractivity contribution >= 4 is 17.9 Å². The smallest absolute Gasteiger partial charge is 0.306 e. The van der Waals surface area contributed by atoms with Crippen molar-refractivity contribution in [2.75, 3.05) is 13.2 Å². The van der Waals surface area contributed by atoms with Crippen molar-refractivity contribution in [1.29, 1.82) is 0 Å². The molecule has 0 aliphatic rings. The molecule has 55 heavy (non-hydrogen) atoms. The van der Waals surface area contributed by atoms with E-state index in [1.54, 1.807) is 0 Å². The minimum atomic E-state index is -0.757. The third-order valence-electron chi connectivity index (χ3n) is 11.1. The molecule has 6 heteroatoms. The summed E-state index contributed by atoms with van der Waals surface area (Å²) in [6.45, 7) is 6.62. The second-order valence-corrected chi connectivity index (χ2v) is 16.7. The number of unbranched alkanes of at least 4 members (excludes halogenated alkanes) is 34. The first kappa shape index (κ1) is 53.4. The maximum Gasteiger partial charge on any atom is 0.306 e. The molecule has 1 unspecified atom stereocenters. The summed E-state index contributed by atoms with van der Waals surface area (Å²) in [7, 11) is 0. The Morgan fingerprint density at radius 3 is 0.727 bits per heavy atom. The van der Waals surface area contributed by atoms with Crippen LogP contribution in [0.3, 0.4) is 0 Å². The molecule has 0 heterocycles. The molecule has 6 nitrogen and oxygen atoms in total. The predicted octanol–water partition coefficient (Wildman–Crippen LogP) is 15.6. The van der Waals surface area contributed by atoms with Gasteiger partial charge in [0.1, 0.15) is 13.2 Å². The van der Waals surface area contributed by atoms with Gasteiger partial charge in [-0.15, -0.1) is 0 Å². The Hall–Kier alpha value is -1.59. The van der Waals surface area contributed by atoms with Crippen molar-refractivity contribution in [3.63, 3.8) is 0 Å². The van der Waals surface area contributed by atoms with Gasteiger partial charge in [0.2, 0.25) is 0 Å². The number of carbonyl (C=O) groups is 3. The minimum absolute atomic E-state index is 0.0629. The maximum absolute atomic E-state index is 12.7. The van der Waals surface area contributed by atoms with Crippen LogP contribution in [0.1, 0.15) is 278 Å². The molecule has 0 N–H and O–H groups in total. The molecule has 326 valence electrons. The van der Waals surface area contributed by atoms with Gasteiger partial charge in [-0.2, -0.15) is 0 Å². The van der Waals surface area contributed by atoms with Gasteiger partial charge >= 0.3 is 17.9 Å².